The molecule has 2 rings (SSSR count). The number of rotatable bonds is 7. The Morgan fingerprint density at radius 3 is 2.10 bits per heavy atom. The van der Waals surface area contributed by atoms with Crippen molar-refractivity contribution >= 4 is 0 Å². The summed E-state index contributed by atoms with van der Waals surface area (Å²) in [6.07, 6.45) is 1.75. The van der Waals surface area contributed by atoms with Crippen LogP contribution in [0.25, 0.3) is 0 Å². The monoisotopic (exact) mass is 288 g/mol. The van der Waals surface area contributed by atoms with Gasteiger partial charge in [0.1, 0.15) is 12.4 Å². The molecule has 106 valence electrons. The molecule has 0 heterocycles. The van der Waals surface area contributed by atoms with E-state index in [1.807, 2.05) is 18.2 Å². The largest absolute Gasteiger partial charge is 1.00 e. The Morgan fingerprint density at radius 2 is 1.50 bits per heavy atom. The number of benzene rings is 2. The molecule has 3 heteroatoms. The van der Waals surface area contributed by atoms with Crippen molar-refractivity contribution in [3.05, 3.63) is 78.4 Å². The number of halogens is 1. The summed E-state index contributed by atoms with van der Waals surface area (Å²) in [4.78, 5) is 0. The Bertz CT molecular complexity index is 496. The van der Waals surface area contributed by atoms with E-state index in [1.165, 1.54) is 11.1 Å². The Hall–Kier alpha value is -1.77. The van der Waals surface area contributed by atoms with Crippen molar-refractivity contribution in [3.8, 4) is 5.75 Å². The van der Waals surface area contributed by atoms with Crippen LogP contribution in [0.5, 0.6) is 5.75 Å². The van der Waals surface area contributed by atoms with Crippen molar-refractivity contribution < 1.29 is 17.1 Å². The smallest absolute Gasteiger partial charge is 0.119 e. The minimum Gasteiger partial charge on any atom is -1.00 e. The second-order valence-corrected chi connectivity index (χ2v) is 4.33. The van der Waals surface area contributed by atoms with Gasteiger partial charge in [0, 0.05) is 13.1 Å². The van der Waals surface area contributed by atoms with Crippen molar-refractivity contribution in [1.82, 2.24) is 5.32 Å². The van der Waals surface area contributed by atoms with Crippen LogP contribution in [0.3, 0.4) is 0 Å². The lowest BCUT2D eigenvalue weighted by molar-refractivity contribution is -0.00000428. The topological polar surface area (TPSA) is 21.3 Å². The normalized spacial score (nSPS) is 9.60. The van der Waals surface area contributed by atoms with Gasteiger partial charge in [-0.3, -0.25) is 0 Å². The minimum absolute atomic E-state index is 0. The van der Waals surface area contributed by atoms with Crippen LogP contribution in [0.4, 0.5) is 0 Å². The Morgan fingerprint density at radius 1 is 0.900 bits per heavy atom. The van der Waals surface area contributed by atoms with Gasteiger partial charge < -0.3 is 22.5 Å². The SMILES string of the molecule is C=CCOc1ccc(CNCc2ccccc2)cc1.[Cl-]. The molecule has 20 heavy (non-hydrogen) atoms. The number of hydrogen-bond acceptors (Lipinski definition) is 2. The standard InChI is InChI=1S/C17H19NO.ClH/c1-2-12-19-17-10-8-16(9-11-17)14-18-13-15-6-4-3-5-7-15;/h2-11,18H,1,12-14H2;1H/p-1. The third kappa shape index (κ3) is 5.47. The maximum atomic E-state index is 5.45. The molecule has 0 radical (unpaired) electrons. The van der Waals surface area contributed by atoms with Crippen molar-refractivity contribution in [3.63, 3.8) is 0 Å². The summed E-state index contributed by atoms with van der Waals surface area (Å²) in [5.41, 5.74) is 2.55. The highest BCUT2D eigenvalue weighted by atomic mass is 35.5. The van der Waals surface area contributed by atoms with Gasteiger partial charge in [0.2, 0.25) is 0 Å². The van der Waals surface area contributed by atoms with E-state index in [-0.39, 0.29) is 12.4 Å². The van der Waals surface area contributed by atoms with Crippen LogP contribution < -0.4 is 22.5 Å². The summed E-state index contributed by atoms with van der Waals surface area (Å²) in [5.74, 6) is 0.881. The molecule has 0 aliphatic heterocycles. The van der Waals surface area contributed by atoms with Crippen LogP contribution in [0.2, 0.25) is 0 Å². The summed E-state index contributed by atoms with van der Waals surface area (Å²) in [6, 6.07) is 18.5. The molecule has 1 N–H and O–H groups in total. The molecule has 0 unspecified atom stereocenters. The second-order valence-electron chi connectivity index (χ2n) is 4.33. The first-order chi connectivity index (χ1) is 9.38. The fourth-order valence-electron chi connectivity index (χ4n) is 1.81. The average Bonchev–Trinajstić information content (AvgIpc) is 2.47. The van der Waals surface area contributed by atoms with Gasteiger partial charge in [0.25, 0.3) is 0 Å². The van der Waals surface area contributed by atoms with E-state index in [0.29, 0.717) is 6.61 Å². The Labute approximate surface area is 126 Å². The zero-order chi connectivity index (χ0) is 13.3. The van der Waals surface area contributed by atoms with Gasteiger partial charge in [-0.15, -0.1) is 0 Å². The highest BCUT2D eigenvalue weighted by Crippen LogP contribution is 2.12. The van der Waals surface area contributed by atoms with Crippen LogP contribution in [-0.2, 0) is 13.1 Å². The summed E-state index contributed by atoms with van der Waals surface area (Å²) in [7, 11) is 0. The first-order valence-corrected chi connectivity index (χ1v) is 6.46. The summed E-state index contributed by atoms with van der Waals surface area (Å²) in [5, 5.41) is 3.42. The summed E-state index contributed by atoms with van der Waals surface area (Å²) < 4.78 is 5.45. The van der Waals surface area contributed by atoms with Gasteiger partial charge in [0.05, 0.1) is 0 Å². The van der Waals surface area contributed by atoms with Gasteiger partial charge >= 0.3 is 0 Å². The average molecular weight is 289 g/mol. The minimum atomic E-state index is 0. The highest BCUT2D eigenvalue weighted by Gasteiger charge is 1.95. The maximum absolute atomic E-state index is 5.45. The molecule has 0 amide bonds. The molecule has 2 aromatic carbocycles. The lowest BCUT2D eigenvalue weighted by Gasteiger charge is -2.07. The predicted molar refractivity (Wildman–Crippen MR) is 79.1 cm³/mol. The molecule has 2 nitrogen and oxygen atoms in total. The third-order valence-corrected chi connectivity index (χ3v) is 2.79. The fraction of sp³-hybridized carbons (Fsp3) is 0.176. The Kier molecular flexibility index (Phi) is 7.48. The van der Waals surface area contributed by atoms with Gasteiger partial charge in [-0.05, 0) is 23.3 Å². The van der Waals surface area contributed by atoms with Gasteiger partial charge in [-0.1, -0.05) is 55.1 Å². The van der Waals surface area contributed by atoms with Gasteiger partial charge in [-0.2, -0.15) is 0 Å². The third-order valence-electron chi connectivity index (χ3n) is 2.79. The lowest BCUT2D eigenvalue weighted by Crippen LogP contribution is -3.00. The zero-order valence-corrected chi connectivity index (χ0v) is 12.1. The van der Waals surface area contributed by atoms with Crippen LogP contribution in [0, 0.1) is 0 Å². The lowest BCUT2D eigenvalue weighted by atomic mass is 10.2. The molecule has 0 fully saturated rings. The van der Waals surface area contributed by atoms with Crippen molar-refractivity contribution in [1.29, 1.82) is 0 Å². The van der Waals surface area contributed by atoms with Crippen LogP contribution >= 0.6 is 0 Å². The van der Waals surface area contributed by atoms with E-state index in [4.69, 9.17) is 4.74 Å². The molecule has 0 atom stereocenters. The highest BCUT2D eigenvalue weighted by molar-refractivity contribution is 5.27. The molecule has 0 bridgehead atoms. The molecular weight excluding hydrogens is 270 g/mol. The van der Waals surface area contributed by atoms with Crippen molar-refractivity contribution in [2.45, 2.75) is 13.1 Å². The fourth-order valence-corrected chi connectivity index (χ4v) is 1.81. The molecule has 0 aliphatic rings. The molecule has 0 spiro atoms. The van der Waals surface area contributed by atoms with E-state index in [0.717, 1.165) is 18.8 Å². The van der Waals surface area contributed by atoms with E-state index in [2.05, 4.69) is 48.3 Å². The molecule has 0 aromatic heterocycles. The van der Waals surface area contributed by atoms with E-state index in [1.54, 1.807) is 6.08 Å². The Balaban J connectivity index is 0.00000200. The summed E-state index contributed by atoms with van der Waals surface area (Å²) >= 11 is 0. The van der Waals surface area contributed by atoms with Gasteiger partial charge in [-0.25, -0.2) is 0 Å². The first-order valence-electron chi connectivity index (χ1n) is 6.46. The first kappa shape index (κ1) is 16.3. The molecule has 2 aromatic rings. The number of nitrogens with one attached hydrogen (secondary N) is 1. The van der Waals surface area contributed by atoms with Crippen molar-refractivity contribution in [2.75, 3.05) is 6.61 Å². The van der Waals surface area contributed by atoms with Crippen molar-refractivity contribution in [2.24, 2.45) is 0 Å². The van der Waals surface area contributed by atoms with Crippen LogP contribution in [0.15, 0.2) is 67.3 Å². The zero-order valence-electron chi connectivity index (χ0n) is 11.4. The molecular formula is C17H19ClNO-. The predicted octanol–water partition coefficient (Wildman–Crippen LogP) is 0.545. The van der Waals surface area contributed by atoms with Crippen LogP contribution in [-0.4, -0.2) is 6.61 Å². The van der Waals surface area contributed by atoms with E-state index < -0.39 is 0 Å². The number of hydrogen-bond donors (Lipinski definition) is 1. The van der Waals surface area contributed by atoms with E-state index in [9.17, 15) is 0 Å². The molecule has 0 saturated carbocycles. The molecule has 0 saturated heterocycles. The van der Waals surface area contributed by atoms with Gasteiger partial charge in [0.15, 0.2) is 0 Å². The maximum Gasteiger partial charge on any atom is 0.119 e. The summed E-state index contributed by atoms with van der Waals surface area (Å²) in [6.45, 7) is 5.92. The molecule has 0 aliphatic carbocycles. The second kappa shape index (κ2) is 9.18. The van der Waals surface area contributed by atoms with E-state index >= 15 is 0 Å². The number of ether oxygens (including phenoxy) is 1. The quantitative estimate of drug-likeness (QED) is 0.751. The van der Waals surface area contributed by atoms with Crippen LogP contribution in [0.1, 0.15) is 11.1 Å².